The summed E-state index contributed by atoms with van der Waals surface area (Å²) < 4.78 is 10.6. The first kappa shape index (κ1) is 12.7. The van der Waals surface area contributed by atoms with Crippen LogP contribution in [0.5, 0.6) is 11.5 Å². The Hall–Kier alpha value is -1.75. The zero-order valence-corrected chi connectivity index (χ0v) is 10.9. The smallest absolute Gasteiger partial charge is 0.254 e. The Morgan fingerprint density at radius 3 is 2.67 bits per heavy atom. The minimum atomic E-state index is -0.0214. The number of amides is 1. The highest BCUT2D eigenvalue weighted by atomic mass is 16.5. The average Bonchev–Trinajstić information content (AvgIpc) is 2.41. The van der Waals surface area contributed by atoms with E-state index in [1.54, 1.807) is 38.3 Å². The summed E-state index contributed by atoms with van der Waals surface area (Å²) in [5.41, 5.74) is 7.31. The van der Waals surface area contributed by atoms with Gasteiger partial charge in [0.1, 0.15) is 11.5 Å². The number of hydrogen-bond donors (Lipinski definition) is 1. The van der Waals surface area contributed by atoms with Crippen molar-refractivity contribution in [2.24, 2.45) is 5.73 Å². The maximum Gasteiger partial charge on any atom is 0.254 e. The molecule has 0 fully saturated rings. The van der Waals surface area contributed by atoms with E-state index in [1.165, 1.54) is 0 Å². The molecule has 1 aliphatic heterocycles. The average molecular weight is 250 g/mol. The highest BCUT2D eigenvalue weighted by molar-refractivity contribution is 5.98. The normalized spacial score (nSPS) is 18.6. The first-order chi connectivity index (χ1) is 8.62. The summed E-state index contributed by atoms with van der Waals surface area (Å²) in [6.45, 7) is 1.10. The fourth-order valence-electron chi connectivity index (χ4n) is 2.39. The summed E-state index contributed by atoms with van der Waals surface area (Å²) in [5.74, 6) is 1.36. The maximum absolute atomic E-state index is 12.2. The van der Waals surface area contributed by atoms with Crippen LogP contribution in [0.4, 0.5) is 0 Å². The van der Waals surface area contributed by atoms with Gasteiger partial charge in [0.15, 0.2) is 0 Å². The van der Waals surface area contributed by atoms with Gasteiger partial charge in [-0.1, -0.05) is 0 Å². The van der Waals surface area contributed by atoms with Crippen molar-refractivity contribution < 1.29 is 14.3 Å². The van der Waals surface area contributed by atoms with Crippen LogP contribution >= 0.6 is 0 Å². The van der Waals surface area contributed by atoms with E-state index in [0.29, 0.717) is 30.2 Å². The number of rotatable bonds is 3. The molecule has 5 heteroatoms. The number of likely N-dealkylation sites (N-methyl/N-ethyl adjacent to an activating group) is 1. The Labute approximate surface area is 106 Å². The van der Waals surface area contributed by atoms with Gasteiger partial charge in [-0.3, -0.25) is 4.79 Å². The quantitative estimate of drug-likeness (QED) is 0.863. The van der Waals surface area contributed by atoms with E-state index in [9.17, 15) is 4.79 Å². The first-order valence-corrected chi connectivity index (χ1v) is 5.83. The van der Waals surface area contributed by atoms with Crippen LogP contribution in [-0.4, -0.2) is 45.2 Å². The standard InChI is InChI=1S/C13H18N2O3/c1-15-7-8(6-14)12-10(13(15)16)4-9(17-2)5-11(12)18-3/h4-5,8H,6-7,14H2,1-3H3. The van der Waals surface area contributed by atoms with Crippen LogP contribution < -0.4 is 15.2 Å². The van der Waals surface area contributed by atoms with Crippen molar-refractivity contribution in [1.29, 1.82) is 0 Å². The summed E-state index contributed by atoms with van der Waals surface area (Å²) in [7, 11) is 4.93. The predicted octanol–water partition coefficient (Wildman–Crippen LogP) is 0.832. The molecular weight excluding hydrogens is 232 g/mol. The molecule has 2 N–H and O–H groups in total. The highest BCUT2D eigenvalue weighted by Gasteiger charge is 2.32. The lowest BCUT2D eigenvalue weighted by atomic mass is 9.88. The van der Waals surface area contributed by atoms with E-state index in [4.69, 9.17) is 15.2 Å². The molecule has 0 saturated carbocycles. The molecule has 1 atom stereocenters. The molecule has 1 aromatic carbocycles. The van der Waals surface area contributed by atoms with Crippen LogP contribution in [0, 0.1) is 0 Å². The first-order valence-electron chi connectivity index (χ1n) is 5.83. The SMILES string of the molecule is COc1cc(OC)c2c(c1)C(=O)N(C)CC2CN. The second-order valence-corrected chi connectivity index (χ2v) is 4.41. The molecule has 2 rings (SSSR count). The van der Waals surface area contributed by atoms with Crippen molar-refractivity contribution in [3.05, 3.63) is 23.3 Å². The third kappa shape index (κ3) is 1.90. The number of carbonyl (C=O) groups is 1. The van der Waals surface area contributed by atoms with Gasteiger partial charge < -0.3 is 20.1 Å². The fourth-order valence-corrected chi connectivity index (χ4v) is 2.39. The Kier molecular flexibility index (Phi) is 3.43. The summed E-state index contributed by atoms with van der Waals surface area (Å²) in [4.78, 5) is 13.9. The van der Waals surface area contributed by atoms with Crippen LogP contribution in [0.15, 0.2) is 12.1 Å². The van der Waals surface area contributed by atoms with Crippen molar-refractivity contribution in [2.45, 2.75) is 5.92 Å². The second kappa shape index (κ2) is 4.86. The molecule has 0 saturated heterocycles. The van der Waals surface area contributed by atoms with Crippen molar-refractivity contribution in [3.63, 3.8) is 0 Å². The third-order valence-corrected chi connectivity index (χ3v) is 3.34. The van der Waals surface area contributed by atoms with Gasteiger partial charge in [0, 0.05) is 37.7 Å². The molecule has 1 amide bonds. The lowest BCUT2D eigenvalue weighted by Gasteiger charge is -2.32. The Balaban J connectivity index is 2.63. The Morgan fingerprint density at radius 2 is 2.11 bits per heavy atom. The number of carbonyl (C=O) groups excluding carboxylic acids is 1. The van der Waals surface area contributed by atoms with E-state index >= 15 is 0 Å². The molecule has 1 heterocycles. The van der Waals surface area contributed by atoms with Crippen LogP contribution in [0.2, 0.25) is 0 Å². The van der Waals surface area contributed by atoms with E-state index in [2.05, 4.69) is 0 Å². The zero-order chi connectivity index (χ0) is 13.3. The fraction of sp³-hybridized carbons (Fsp3) is 0.462. The molecule has 0 aromatic heterocycles. The van der Waals surface area contributed by atoms with Gasteiger partial charge in [-0.25, -0.2) is 0 Å². The van der Waals surface area contributed by atoms with Gasteiger partial charge in [0.2, 0.25) is 0 Å². The van der Waals surface area contributed by atoms with Crippen LogP contribution in [-0.2, 0) is 0 Å². The molecular formula is C13H18N2O3. The van der Waals surface area contributed by atoms with E-state index in [1.807, 2.05) is 0 Å². The number of benzene rings is 1. The second-order valence-electron chi connectivity index (χ2n) is 4.41. The molecule has 0 bridgehead atoms. The maximum atomic E-state index is 12.2. The van der Waals surface area contributed by atoms with Crippen molar-refractivity contribution in [3.8, 4) is 11.5 Å². The summed E-state index contributed by atoms with van der Waals surface area (Å²) in [6.07, 6.45) is 0. The van der Waals surface area contributed by atoms with Gasteiger partial charge in [0.25, 0.3) is 5.91 Å². The Morgan fingerprint density at radius 1 is 1.39 bits per heavy atom. The summed E-state index contributed by atoms with van der Waals surface area (Å²) in [6, 6.07) is 3.54. The van der Waals surface area contributed by atoms with E-state index in [-0.39, 0.29) is 11.8 Å². The molecule has 1 aromatic rings. The van der Waals surface area contributed by atoms with Gasteiger partial charge in [-0.15, -0.1) is 0 Å². The minimum absolute atomic E-state index is 0.0214. The van der Waals surface area contributed by atoms with Crippen molar-refractivity contribution >= 4 is 5.91 Å². The molecule has 5 nitrogen and oxygen atoms in total. The molecule has 0 radical (unpaired) electrons. The van der Waals surface area contributed by atoms with Gasteiger partial charge in [0.05, 0.1) is 19.8 Å². The van der Waals surface area contributed by atoms with E-state index < -0.39 is 0 Å². The zero-order valence-electron chi connectivity index (χ0n) is 10.9. The van der Waals surface area contributed by atoms with Crippen molar-refractivity contribution in [2.75, 3.05) is 34.4 Å². The molecule has 1 aliphatic rings. The lowest BCUT2D eigenvalue weighted by molar-refractivity contribution is 0.0764. The molecule has 98 valence electrons. The number of fused-ring (bicyclic) bond motifs is 1. The van der Waals surface area contributed by atoms with Gasteiger partial charge in [-0.05, 0) is 6.07 Å². The summed E-state index contributed by atoms with van der Waals surface area (Å²) >= 11 is 0. The number of nitrogens with zero attached hydrogens (tertiary/aromatic N) is 1. The number of hydrogen-bond acceptors (Lipinski definition) is 4. The van der Waals surface area contributed by atoms with Crippen LogP contribution in [0.1, 0.15) is 21.8 Å². The molecule has 0 aliphatic carbocycles. The van der Waals surface area contributed by atoms with E-state index in [0.717, 1.165) is 5.56 Å². The topological polar surface area (TPSA) is 64.8 Å². The number of methoxy groups -OCH3 is 2. The van der Waals surface area contributed by atoms with Crippen LogP contribution in [0.3, 0.4) is 0 Å². The van der Waals surface area contributed by atoms with Gasteiger partial charge in [-0.2, -0.15) is 0 Å². The van der Waals surface area contributed by atoms with Crippen LogP contribution in [0.25, 0.3) is 0 Å². The monoisotopic (exact) mass is 250 g/mol. The van der Waals surface area contributed by atoms with Gasteiger partial charge >= 0.3 is 0 Å². The molecule has 18 heavy (non-hydrogen) atoms. The summed E-state index contributed by atoms with van der Waals surface area (Å²) in [5, 5.41) is 0. The lowest BCUT2D eigenvalue weighted by Crippen LogP contribution is -2.39. The minimum Gasteiger partial charge on any atom is -0.497 e. The highest BCUT2D eigenvalue weighted by Crippen LogP contribution is 2.37. The predicted molar refractivity (Wildman–Crippen MR) is 68.3 cm³/mol. The third-order valence-electron chi connectivity index (χ3n) is 3.34. The largest absolute Gasteiger partial charge is 0.497 e. The number of ether oxygens (including phenoxy) is 2. The number of nitrogens with two attached hydrogens (primary N) is 1. The Bertz CT molecular complexity index is 474. The van der Waals surface area contributed by atoms with Crippen molar-refractivity contribution in [1.82, 2.24) is 4.90 Å². The molecule has 1 unspecified atom stereocenters. The molecule has 0 spiro atoms.